The van der Waals surface area contributed by atoms with E-state index in [1.807, 2.05) is 28.0 Å². The summed E-state index contributed by atoms with van der Waals surface area (Å²) < 4.78 is 1.26. The number of carbonyl (C=O) groups is 3. The fourth-order valence-electron chi connectivity index (χ4n) is 4.86. The molecule has 2 aliphatic heterocycles. The number of amides is 4. The molecular weight excluding hydrogens is 460 g/mol. The molecule has 5 rings (SSSR count). The summed E-state index contributed by atoms with van der Waals surface area (Å²) in [6, 6.07) is 8.38. The van der Waals surface area contributed by atoms with Gasteiger partial charge >= 0.3 is 17.8 Å². The third kappa shape index (κ3) is 3.97. The standard InChI is InChI=1S/C23H25ClN6O4/c24-19-18(14-25-30(20(19)31)17-8-2-1-3-9-17)27-12-10-26(11-13-27)15-28-21(32)22(33)29(23(28)34)16-6-4-5-7-16/h1-3,8-9,14,16H,4-7,10-13,15H2. The lowest BCUT2D eigenvalue weighted by Crippen LogP contribution is -2.52. The molecule has 1 aromatic carbocycles. The molecule has 2 aromatic rings. The Morgan fingerprint density at radius 2 is 1.59 bits per heavy atom. The Hall–Kier alpha value is -3.24. The number of aromatic nitrogens is 2. The summed E-state index contributed by atoms with van der Waals surface area (Å²) in [4.78, 5) is 56.6. The summed E-state index contributed by atoms with van der Waals surface area (Å²) in [7, 11) is 0. The average Bonchev–Trinajstić information content (AvgIpc) is 3.45. The molecule has 1 aromatic heterocycles. The molecule has 0 radical (unpaired) electrons. The topological polar surface area (TPSA) is 99.1 Å². The Kier molecular flexibility index (Phi) is 6.09. The number of piperazine rings is 1. The molecule has 10 nitrogen and oxygen atoms in total. The number of para-hydroxylation sites is 1. The SMILES string of the molecule is O=C1C(=O)N(C2CCCC2)C(=O)N1CN1CCN(c2cnn(-c3ccccc3)c(=O)c2Cl)CC1. The van der Waals surface area contributed by atoms with Crippen LogP contribution in [0.3, 0.4) is 0 Å². The predicted octanol–water partition coefficient (Wildman–Crippen LogP) is 1.70. The van der Waals surface area contributed by atoms with Crippen molar-refractivity contribution in [1.82, 2.24) is 24.5 Å². The van der Waals surface area contributed by atoms with Crippen LogP contribution >= 0.6 is 11.6 Å². The van der Waals surface area contributed by atoms with E-state index in [-0.39, 0.29) is 17.7 Å². The van der Waals surface area contributed by atoms with Crippen LogP contribution in [-0.2, 0) is 9.59 Å². The second-order valence-corrected chi connectivity index (χ2v) is 9.15. The third-order valence-corrected chi connectivity index (χ3v) is 7.08. The van der Waals surface area contributed by atoms with Crippen molar-refractivity contribution < 1.29 is 14.4 Å². The molecule has 1 saturated carbocycles. The van der Waals surface area contributed by atoms with E-state index in [2.05, 4.69) is 5.10 Å². The minimum Gasteiger partial charge on any atom is -0.366 e. The Labute approximate surface area is 201 Å². The summed E-state index contributed by atoms with van der Waals surface area (Å²) in [5.41, 5.74) is 0.785. The minimum atomic E-state index is -0.754. The first-order valence-corrected chi connectivity index (χ1v) is 11.8. The molecule has 2 saturated heterocycles. The fraction of sp³-hybridized carbons (Fsp3) is 0.435. The van der Waals surface area contributed by atoms with Gasteiger partial charge in [0.15, 0.2) is 0 Å². The van der Waals surface area contributed by atoms with Crippen molar-refractivity contribution in [2.45, 2.75) is 31.7 Å². The second-order valence-electron chi connectivity index (χ2n) is 8.77. The van der Waals surface area contributed by atoms with Gasteiger partial charge in [0, 0.05) is 32.2 Å². The monoisotopic (exact) mass is 484 g/mol. The van der Waals surface area contributed by atoms with E-state index >= 15 is 0 Å². The Balaban J connectivity index is 1.24. The molecule has 3 fully saturated rings. The van der Waals surface area contributed by atoms with Crippen LogP contribution in [0.1, 0.15) is 25.7 Å². The first-order valence-electron chi connectivity index (χ1n) is 11.5. The first kappa shape index (κ1) is 22.5. The lowest BCUT2D eigenvalue weighted by molar-refractivity contribution is -0.144. The van der Waals surface area contributed by atoms with Gasteiger partial charge in [0.25, 0.3) is 5.56 Å². The maximum Gasteiger partial charge on any atom is 0.335 e. The minimum absolute atomic E-state index is 0.0715. The summed E-state index contributed by atoms with van der Waals surface area (Å²) in [6.07, 6.45) is 5.03. The van der Waals surface area contributed by atoms with Gasteiger partial charge in [-0.2, -0.15) is 9.78 Å². The maximum atomic E-state index is 12.8. The van der Waals surface area contributed by atoms with Gasteiger partial charge in [0.2, 0.25) is 0 Å². The Morgan fingerprint density at radius 1 is 0.912 bits per heavy atom. The smallest absolute Gasteiger partial charge is 0.335 e. The number of hydrogen-bond donors (Lipinski definition) is 0. The Morgan fingerprint density at radius 3 is 2.26 bits per heavy atom. The lowest BCUT2D eigenvalue weighted by atomic mass is 10.2. The molecule has 3 aliphatic rings. The van der Waals surface area contributed by atoms with E-state index in [0.29, 0.717) is 37.6 Å². The van der Waals surface area contributed by atoms with Crippen LogP contribution in [0.25, 0.3) is 5.69 Å². The number of hydrogen-bond acceptors (Lipinski definition) is 7. The molecule has 3 heterocycles. The zero-order valence-corrected chi connectivity index (χ0v) is 19.4. The highest BCUT2D eigenvalue weighted by molar-refractivity contribution is 6.44. The third-order valence-electron chi connectivity index (χ3n) is 6.73. The highest BCUT2D eigenvalue weighted by atomic mass is 35.5. The number of imide groups is 2. The van der Waals surface area contributed by atoms with Crippen molar-refractivity contribution in [2.24, 2.45) is 0 Å². The predicted molar refractivity (Wildman–Crippen MR) is 125 cm³/mol. The van der Waals surface area contributed by atoms with Crippen LogP contribution < -0.4 is 10.5 Å². The van der Waals surface area contributed by atoms with Crippen LogP contribution in [0.5, 0.6) is 0 Å². The molecule has 0 spiro atoms. The van der Waals surface area contributed by atoms with Crippen molar-refractivity contribution in [3.8, 4) is 5.69 Å². The van der Waals surface area contributed by atoms with Gasteiger partial charge in [-0.25, -0.2) is 9.69 Å². The van der Waals surface area contributed by atoms with Crippen LogP contribution in [0.2, 0.25) is 5.02 Å². The van der Waals surface area contributed by atoms with Crippen molar-refractivity contribution in [3.63, 3.8) is 0 Å². The summed E-state index contributed by atoms with van der Waals surface area (Å²) >= 11 is 6.42. The van der Waals surface area contributed by atoms with Crippen LogP contribution in [0.15, 0.2) is 41.3 Å². The van der Waals surface area contributed by atoms with Crippen LogP contribution in [0.4, 0.5) is 10.5 Å². The van der Waals surface area contributed by atoms with Gasteiger partial charge < -0.3 is 4.90 Å². The fourth-order valence-corrected chi connectivity index (χ4v) is 5.11. The lowest BCUT2D eigenvalue weighted by Gasteiger charge is -2.37. The van der Waals surface area contributed by atoms with Crippen molar-refractivity contribution in [1.29, 1.82) is 0 Å². The van der Waals surface area contributed by atoms with Crippen LogP contribution in [-0.4, -0.2) is 81.2 Å². The molecule has 4 amide bonds. The van der Waals surface area contributed by atoms with E-state index < -0.39 is 23.4 Å². The molecule has 0 N–H and O–H groups in total. The number of urea groups is 1. The van der Waals surface area contributed by atoms with Crippen molar-refractivity contribution in [2.75, 3.05) is 37.7 Å². The first-order chi connectivity index (χ1) is 16.5. The molecular formula is C23H25ClN6O4. The molecule has 0 bridgehead atoms. The molecule has 11 heteroatoms. The molecule has 0 atom stereocenters. The number of halogens is 1. The quantitative estimate of drug-likeness (QED) is 0.470. The molecule has 178 valence electrons. The van der Waals surface area contributed by atoms with Gasteiger partial charge in [-0.3, -0.25) is 24.2 Å². The number of nitrogens with zero attached hydrogens (tertiary/aromatic N) is 6. The van der Waals surface area contributed by atoms with E-state index in [1.165, 1.54) is 4.68 Å². The average molecular weight is 485 g/mol. The molecule has 0 unspecified atom stereocenters. The zero-order chi connectivity index (χ0) is 23.8. The number of anilines is 1. The maximum absolute atomic E-state index is 12.8. The van der Waals surface area contributed by atoms with Gasteiger partial charge in [0.1, 0.15) is 5.02 Å². The van der Waals surface area contributed by atoms with Gasteiger partial charge in [0.05, 0.1) is 24.2 Å². The summed E-state index contributed by atoms with van der Waals surface area (Å²) in [5.74, 6) is -1.47. The number of rotatable bonds is 5. The number of carbonyl (C=O) groups excluding carboxylic acids is 3. The zero-order valence-electron chi connectivity index (χ0n) is 18.6. The van der Waals surface area contributed by atoms with Crippen molar-refractivity contribution >= 4 is 35.1 Å². The second kappa shape index (κ2) is 9.19. The molecule has 34 heavy (non-hydrogen) atoms. The highest BCUT2D eigenvalue weighted by Gasteiger charge is 2.48. The van der Waals surface area contributed by atoms with E-state index in [9.17, 15) is 19.2 Å². The van der Waals surface area contributed by atoms with Crippen LogP contribution in [0, 0.1) is 0 Å². The van der Waals surface area contributed by atoms with Gasteiger partial charge in [-0.05, 0) is 25.0 Å². The van der Waals surface area contributed by atoms with E-state index in [4.69, 9.17) is 11.6 Å². The van der Waals surface area contributed by atoms with E-state index in [1.54, 1.807) is 18.3 Å². The summed E-state index contributed by atoms with van der Waals surface area (Å²) in [5, 5.41) is 4.38. The summed E-state index contributed by atoms with van der Waals surface area (Å²) in [6.45, 7) is 2.21. The van der Waals surface area contributed by atoms with Crippen molar-refractivity contribution in [3.05, 3.63) is 51.9 Å². The Bertz CT molecular complexity index is 1170. The number of benzene rings is 1. The van der Waals surface area contributed by atoms with E-state index in [0.717, 1.165) is 35.5 Å². The van der Waals surface area contributed by atoms with Gasteiger partial charge in [-0.15, -0.1) is 0 Å². The highest BCUT2D eigenvalue weighted by Crippen LogP contribution is 2.28. The van der Waals surface area contributed by atoms with Gasteiger partial charge in [-0.1, -0.05) is 42.6 Å². The largest absolute Gasteiger partial charge is 0.366 e. The normalized spacial score (nSPS) is 20.1. The molecule has 1 aliphatic carbocycles.